The highest BCUT2D eigenvalue weighted by atomic mass is 32.2. The number of carbonyl (C=O) groups excluding carboxylic acids is 3. The van der Waals surface area contributed by atoms with Gasteiger partial charge in [0.25, 0.3) is 17.0 Å². The van der Waals surface area contributed by atoms with Crippen LogP contribution in [0.15, 0.2) is 103 Å². The SMILES string of the molecule is CC(C)SCC1=CC(=O)NC(=O)C1.CC(C)SCC1=NC(=O)OC1.CC(C)SCC1=NN=NC1.CC(C)SCc1cc(=O)[nH][nH]1.CC(C)SCc1cc(=O)n2[nH]ccc2n1.CC(C)SCc1cc[nH]c(=O)c1.CC(C)SCc1n[nH]c(=O)[nH]1.CC(C)SCc1n[nH]c(=O)o1. The van der Waals surface area contributed by atoms with E-state index in [9.17, 15) is 38.4 Å². The van der Waals surface area contributed by atoms with Crippen LogP contribution < -0.4 is 33.4 Å². The molecule has 94 heavy (non-hydrogen) atoms. The zero-order chi connectivity index (χ0) is 70.1. The second-order valence-corrected chi connectivity index (χ2v) is 34.8. The van der Waals surface area contributed by atoms with Crippen LogP contribution in [0.5, 0.6) is 0 Å². The number of hydrogen-bond acceptors (Lipinski definition) is 24. The Kier molecular flexibility index (Phi) is 43.2. The summed E-state index contributed by atoms with van der Waals surface area (Å²) in [6.07, 6.45) is 4.86. The number of hydrogen-bond donors (Lipinski definition) is 8. The average molecular weight is 1460 g/mol. The van der Waals surface area contributed by atoms with Gasteiger partial charge in [0.1, 0.15) is 19.0 Å². The minimum absolute atomic E-state index is 0.0168. The number of amides is 3. The Morgan fingerprint density at radius 3 is 1.68 bits per heavy atom. The zero-order valence-electron chi connectivity index (χ0n) is 56.4. The predicted octanol–water partition coefficient (Wildman–Crippen LogP) is 11.5. The highest BCUT2D eigenvalue weighted by Crippen LogP contribution is 2.20. The Morgan fingerprint density at radius 1 is 0.574 bits per heavy atom. The third-order valence-corrected chi connectivity index (χ3v) is 19.8. The van der Waals surface area contributed by atoms with E-state index in [-0.39, 0.29) is 34.2 Å². The molecule has 6 aromatic rings. The van der Waals surface area contributed by atoms with E-state index in [0.717, 1.165) is 74.2 Å². The fourth-order valence-electron chi connectivity index (χ4n) is 6.31. The molecule has 0 fully saturated rings. The molecule has 522 valence electrons. The molecule has 8 N–H and O–H groups in total. The molecule has 26 nitrogen and oxygen atoms in total. The van der Waals surface area contributed by atoms with Crippen LogP contribution in [-0.4, -0.2) is 157 Å². The third-order valence-electron chi connectivity index (χ3n) is 10.6. The van der Waals surface area contributed by atoms with E-state index >= 15 is 0 Å². The van der Waals surface area contributed by atoms with Crippen molar-refractivity contribution in [2.45, 2.75) is 188 Å². The van der Waals surface area contributed by atoms with Crippen molar-refractivity contribution in [3.05, 3.63) is 135 Å². The van der Waals surface area contributed by atoms with Crippen LogP contribution in [0.4, 0.5) is 4.79 Å². The van der Waals surface area contributed by atoms with Crippen LogP contribution >= 0.6 is 94.1 Å². The summed E-state index contributed by atoms with van der Waals surface area (Å²) >= 11 is 14.2. The number of pyridine rings is 1. The number of imide groups is 1. The van der Waals surface area contributed by atoms with Gasteiger partial charge in [-0.25, -0.2) is 34.1 Å². The lowest BCUT2D eigenvalue weighted by Crippen LogP contribution is -2.33. The Balaban J connectivity index is 0.000000367. The minimum atomic E-state index is -0.482. The van der Waals surface area contributed by atoms with E-state index < -0.39 is 11.8 Å². The van der Waals surface area contributed by atoms with E-state index in [1.54, 1.807) is 95.5 Å². The molecule has 0 spiro atoms. The standard InChI is InChI=1S/C10H13N3OS.C9H13NO2S.C9H13NOS.C7H12N2OS.C7H11NO2S.C6H11N3OS.C6H11N3S.C6H10N2O2S/c1-7(2)15-6-8-5-10(14)13-9(12-8)3-4-11-13;1-6(2)13-5-7-3-8(11)10-9(12)4-7;1-7(2)12-6-8-3-4-10-9(11)5-8;1-5(2)11-4-6-3-7(10)9-8-6;1-5(2)11-4-6-3-10-7(9)8-6;1-4(2)11-3-5-7-6(10)9-8-5;1-5(2)10-4-6-3-7-9-8-6;1-4(2)11-3-5-7-8-6(9)10-5/h3-5,7,11H,6H2,1-2H3;3,6H,4-5H2,1-2H3,(H,10,11,12);3-5,7H,6H2,1-2H3,(H,10,11);3,5H,4H2,1-2H3,(H2,8,9,10);5H,3-4H2,1-2H3;4H,3H2,1-2H3,(H2,7,8,9,10);5H,3-4H2,1-2H3;4H,3H2,1-2H3,(H,8,9). The zero-order valence-corrected chi connectivity index (χ0v) is 63.0. The second-order valence-electron chi connectivity index (χ2n) is 22.3. The molecular weight excluding hydrogens is 1360 g/mol. The summed E-state index contributed by atoms with van der Waals surface area (Å²) in [4.78, 5) is 99.7. The number of aliphatic imine (C=N–C) groups is 1. The molecule has 0 saturated carbocycles. The Labute approximate surface area is 582 Å². The van der Waals surface area contributed by atoms with Gasteiger partial charge in [0.15, 0.2) is 5.65 Å². The van der Waals surface area contributed by atoms with Crippen LogP contribution in [0.1, 0.15) is 146 Å². The van der Waals surface area contributed by atoms with Gasteiger partial charge < -0.3 is 19.2 Å². The molecular formula is C60H94N16O10S8. The fraction of sp³-hybridized carbons (Fsp3) is 0.583. The molecule has 9 rings (SSSR count). The number of aromatic amines is 7. The third kappa shape index (κ3) is 42.7. The monoisotopic (exact) mass is 1450 g/mol. The van der Waals surface area contributed by atoms with Crippen molar-refractivity contribution in [1.82, 2.24) is 60.5 Å². The van der Waals surface area contributed by atoms with Crippen molar-refractivity contribution < 1.29 is 23.5 Å². The molecule has 34 heteroatoms. The largest absolute Gasteiger partial charge is 0.442 e. The predicted molar refractivity (Wildman–Crippen MR) is 397 cm³/mol. The van der Waals surface area contributed by atoms with E-state index in [0.29, 0.717) is 84.7 Å². The van der Waals surface area contributed by atoms with Crippen LogP contribution in [0.3, 0.4) is 0 Å². The first-order chi connectivity index (χ1) is 44.4. The van der Waals surface area contributed by atoms with E-state index in [4.69, 9.17) is 4.42 Å². The lowest BCUT2D eigenvalue weighted by Gasteiger charge is -2.13. The van der Waals surface area contributed by atoms with E-state index in [1.165, 1.54) is 10.6 Å². The number of fused-ring (bicyclic) bond motifs is 1. The summed E-state index contributed by atoms with van der Waals surface area (Å²) in [7, 11) is 0. The number of H-pyrrole nitrogens is 7. The Morgan fingerprint density at radius 2 is 1.16 bits per heavy atom. The number of carbonyl (C=O) groups is 3. The van der Waals surface area contributed by atoms with Gasteiger partial charge in [-0.15, -0.1) is 22.0 Å². The van der Waals surface area contributed by atoms with Gasteiger partial charge in [-0.1, -0.05) is 111 Å². The maximum absolute atomic E-state index is 11.6. The van der Waals surface area contributed by atoms with Crippen molar-refractivity contribution >= 4 is 129 Å². The molecule has 0 aliphatic carbocycles. The highest BCUT2D eigenvalue weighted by molar-refractivity contribution is 8.01. The summed E-state index contributed by atoms with van der Waals surface area (Å²) in [5.74, 6) is 6.78. The number of aromatic nitrogens is 11. The van der Waals surface area contributed by atoms with Gasteiger partial charge in [0.2, 0.25) is 17.4 Å². The molecule has 3 amide bonds. The first-order valence-electron chi connectivity index (χ1n) is 30.2. The van der Waals surface area contributed by atoms with Crippen molar-refractivity contribution in [1.29, 1.82) is 0 Å². The number of thioether (sulfide) groups is 8. The lowest BCUT2D eigenvalue weighted by atomic mass is 10.1. The Hall–Kier alpha value is -5.65. The van der Waals surface area contributed by atoms with E-state index in [1.807, 2.05) is 41.4 Å². The van der Waals surface area contributed by atoms with Crippen molar-refractivity contribution in [2.24, 2.45) is 20.4 Å². The van der Waals surface area contributed by atoms with Gasteiger partial charge in [-0.05, 0) is 64.4 Å². The molecule has 0 unspecified atom stereocenters. The van der Waals surface area contributed by atoms with Gasteiger partial charge >= 0.3 is 17.5 Å². The van der Waals surface area contributed by atoms with Crippen molar-refractivity contribution in [3.8, 4) is 0 Å². The summed E-state index contributed by atoms with van der Waals surface area (Å²) in [6.45, 7) is 35.1. The molecule has 0 saturated heterocycles. The number of nitrogens with one attached hydrogen (secondary N) is 8. The maximum atomic E-state index is 11.6. The van der Waals surface area contributed by atoms with Crippen molar-refractivity contribution in [3.63, 3.8) is 0 Å². The normalized spacial score (nSPS) is 13.1. The molecule has 0 aromatic carbocycles. The maximum Gasteiger partial charge on any atom is 0.434 e. The smallest absolute Gasteiger partial charge is 0.434 e. The summed E-state index contributed by atoms with van der Waals surface area (Å²) < 4.78 is 10.8. The average Bonchev–Trinajstić information content (AvgIpc) is 1.66. The number of ether oxygens (including phenoxy) is 1. The van der Waals surface area contributed by atoms with Gasteiger partial charge in [0.05, 0.1) is 28.6 Å². The van der Waals surface area contributed by atoms with Gasteiger partial charge in [-0.2, -0.15) is 97.5 Å². The summed E-state index contributed by atoms with van der Waals surface area (Å²) in [6, 6.07) is 8.56. The van der Waals surface area contributed by atoms with Crippen LogP contribution in [0.2, 0.25) is 0 Å². The number of cyclic esters (lactones) is 1. The van der Waals surface area contributed by atoms with Crippen LogP contribution in [0, 0.1) is 0 Å². The molecule has 3 aliphatic rings. The highest BCUT2D eigenvalue weighted by Gasteiger charge is 2.17. The van der Waals surface area contributed by atoms with Gasteiger partial charge in [-0.3, -0.25) is 44.5 Å². The molecule has 9 heterocycles. The number of nitrogens with zero attached hydrogens (tertiary/aromatic N) is 8. The first-order valence-corrected chi connectivity index (χ1v) is 38.6. The van der Waals surface area contributed by atoms with E-state index in [2.05, 4.69) is 192 Å². The topological polar surface area (TPSA) is 374 Å². The van der Waals surface area contributed by atoms with Gasteiger partial charge in [0, 0.05) is 89.4 Å². The first kappa shape index (κ1) is 84.4. The molecule has 0 bridgehead atoms. The molecule has 0 atom stereocenters. The summed E-state index contributed by atoms with van der Waals surface area (Å²) in [5, 5.41) is 38.1. The van der Waals surface area contributed by atoms with Crippen molar-refractivity contribution in [2.75, 3.05) is 30.4 Å². The summed E-state index contributed by atoms with van der Waals surface area (Å²) in [5.41, 5.74) is 6.11. The fourth-order valence-corrected chi connectivity index (χ4v) is 11.6. The minimum Gasteiger partial charge on any atom is -0.442 e. The van der Waals surface area contributed by atoms with Crippen LogP contribution in [0.25, 0.3) is 5.65 Å². The molecule has 3 aliphatic heterocycles. The quantitative estimate of drug-likeness (QED) is 0.0261. The molecule has 0 radical (unpaired) electrons. The lowest BCUT2D eigenvalue weighted by molar-refractivity contribution is -0.128. The second kappa shape index (κ2) is 48.1. The van der Waals surface area contributed by atoms with Crippen LogP contribution in [-0.2, 0) is 43.1 Å². The number of rotatable bonds is 24. The Bertz CT molecular complexity index is 3440. The molecule has 6 aromatic heterocycles.